The number of sulfonamides is 2. The van der Waals surface area contributed by atoms with E-state index >= 15 is 0 Å². The van der Waals surface area contributed by atoms with Crippen molar-refractivity contribution in [2.24, 2.45) is 5.92 Å². The zero-order chi connectivity index (χ0) is 21.8. The number of nitrogens with one attached hydrogen (secondary N) is 1. The van der Waals surface area contributed by atoms with E-state index in [0.717, 1.165) is 5.56 Å². The standard InChI is InChI=1S/C19H29N3O6S2/c1-2-29(24,25)22-9-3-4-17(15-22)19(23)20-14-16-5-7-18(8-6-16)30(26,27)21-10-12-28-13-11-21/h5-8,17H,2-4,9-15H2,1H3,(H,20,23)/t17-/m0/s1. The molecule has 0 unspecified atom stereocenters. The maximum Gasteiger partial charge on any atom is 0.243 e. The van der Waals surface area contributed by atoms with Crippen LogP contribution >= 0.6 is 0 Å². The summed E-state index contributed by atoms with van der Waals surface area (Å²) in [5.41, 5.74) is 0.776. The van der Waals surface area contributed by atoms with Gasteiger partial charge >= 0.3 is 0 Å². The van der Waals surface area contributed by atoms with Crippen LogP contribution in [0.5, 0.6) is 0 Å². The van der Waals surface area contributed by atoms with Gasteiger partial charge in [-0.2, -0.15) is 4.31 Å². The molecule has 1 N–H and O–H groups in total. The number of rotatable bonds is 7. The molecule has 0 aromatic heterocycles. The largest absolute Gasteiger partial charge is 0.379 e. The molecule has 0 radical (unpaired) electrons. The molecule has 0 bridgehead atoms. The molecule has 1 atom stereocenters. The van der Waals surface area contributed by atoms with E-state index in [-0.39, 0.29) is 35.6 Å². The van der Waals surface area contributed by atoms with Crippen molar-refractivity contribution in [2.45, 2.75) is 31.2 Å². The lowest BCUT2D eigenvalue weighted by Crippen LogP contribution is -2.45. The number of nitrogens with zero attached hydrogens (tertiary/aromatic N) is 2. The summed E-state index contributed by atoms with van der Waals surface area (Å²) in [7, 11) is -6.84. The Morgan fingerprint density at radius 2 is 1.73 bits per heavy atom. The number of carbonyl (C=O) groups excluding carboxylic acids is 1. The van der Waals surface area contributed by atoms with Crippen LogP contribution in [0.2, 0.25) is 0 Å². The molecule has 11 heteroatoms. The van der Waals surface area contributed by atoms with E-state index in [4.69, 9.17) is 4.74 Å². The highest BCUT2D eigenvalue weighted by molar-refractivity contribution is 7.89. The Morgan fingerprint density at radius 3 is 2.37 bits per heavy atom. The number of hydrogen-bond donors (Lipinski definition) is 1. The number of ether oxygens (including phenoxy) is 1. The summed E-state index contributed by atoms with van der Waals surface area (Å²) >= 11 is 0. The number of piperidine rings is 1. The Hall–Kier alpha value is -1.53. The van der Waals surface area contributed by atoms with Crippen molar-refractivity contribution in [1.82, 2.24) is 13.9 Å². The third kappa shape index (κ3) is 5.38. The Morgan fingerprint density at radius 1 is 1.07 bits per heavy atom. The van der Waals surface area contributed by atoms with Gasteiger partial charge in [-0.05, 0) is 37.5 Å². The fourth-order valence-corrected chi connectivity index (χ4v) is 6.23. The fourth-order valence-electron chi connectivity index (χ4n) is 3.64. The molecule has 0 aliphatic carbocycles. The van der Waals surface area contributed by atoms with Crippen LogP contribution in [0, 0.1) is 5.92 Å². The van der Waals surface area contributed by atoms with E-state index in [1.54, 1.807) is 31.2 Å². The summed E-state index contributed by atoms with van der Waals surface area (Å²) in [5, 5.41) is 2.84. The molecule has 3 rings (SSSR count). The van der Waals surface area contributed by atoms with Crippen molar-refractivity contribution in [3.8, 4) is 0 Å². The molecular weight excluding hydrogens is 430 g/mol. The number of benzene rings is 1. The van der Waals surface area contributed by atoms with E-state index in [1.165, 1.54) is 8.61 Å². The van der Waals surface area contributed by atoms with Gasteiger partial charge < -0.3 is 10.1 Å². The maximum atomic E-state index is 12.7. The van der Waals surface area contributed by atoms with Crippen LogP contribution in [0.3, 0.4) is 0 Å². The summed E-state index contributed by atoms with van der Waals surface area (Å²) < 4.78 is 57.4. The predicted molar refractivity (Wildman–Crippen MR) is 112 cm³/mol. The number of morpholine rings is 1. The third-order valence-corrected chi connectivity index (χ3v) is 9.27. The average molecular weight is 460 g/mol. The average Bonchev–Trinajstić information content (AvgIpc) is 2.78. The Balaban J connectivity index is 1.56. The van der Waals surface area contributed by atoms with Gasteiger partial charge in [0.2, 0.25) is 26.0 Å². The molecule has 2 fully saturated rings. The van der Waals surface area contributed by atoms with E-state index < -0.39 is 20.0 Å². The van der Waals surface area contributed by atoms with Crippen LogP contribution < -0.4 is 5.32 Å². The van der Waals surface area contributed by atoms with Gasteiger partial charge in [0, 0.05) is 32.7 Å². The highest BCUT2D eigenvalue weighted by atomic mass is 32.2. The first-order valence-corrected chi connectivity index (χ1v) is 13.2. The molecule has 0 saturated carbocycles. The second kappa shape index (κ2) is 9.73. The lowest BCUT2D eigenvalue weighted by atomic mass is 9.99. The molecule has 1 aromatic carbocycles. The van der Waals surface area contributed by atoms with E-state index in [0.29, 0.717) is 45.7 Å². The summed E-state index contributed by atoms with van der Waals surface area (Å²) in [4.78, 5) is 12.7. The summed E-state index contributed by atoms with van der Waals surface area (Å²) in [6.45, 7) is 3.98. The number of amides is 1. The second-order valence-corrected chi connectivity index (χ2v) is 11.7. The Kier molecular flexibility index (Phi) is 7.51. The second-order valence-electron chi connectivity index (χ2n) is 7.48. The fraction of sp³-hybridized carbons (Fsp3) is 0.632. The first-order valence-electron chi connectivity index (χ1n) is 10.2. The summed E-state index contributed by atoms with van der Waals surface area (Å²) in [5.74, 6) is -0.529. The van der Waals surface area contributed by atoms with Gasteiger partial charge in [-0.3, -0.25) is 4.79 Å². The molecule has 2 saturated heterocycles. The van der Waals surface area contributed by atoms with Gasteiger partial charge in [0.05, 0.1) is 29.8 Å². The first kappa shape index (κ1) is 23.1. The van der Waals surface area contributed by atoms with E-state index in [1.807, 2.05) is 0 Å². The maximum absolute atomic E-state index is 12.7. The molecular formula is C19H29N3O6S2. The predicted octanol–water partition coefficient (Wildman–Crippen LogP) is 0.385. The van der Waals surface area contributed by atoms with Crippen molar-refractivity contribution >= 4 is 26.0 Å². The van der Waals surface area contributed by atoms with Crippen molar-refractivity contribution in [3.05, 3.63) is 29.8 Å². The highest BCUT2D eigenvalue weighted by Crippen LogP contribution is 2.20. The van der Waals surface area contributed by atoms with Gasteiger partial charge in [-0.25, -0.2) is 21.1 Å². The Bertz CT molecular complexity index is 941. The molecule has 2 aliphatic rings. The van der Waals surface area contributed by atoms with Crippen LogP contribution in [0.1, 0.15) is 25.3 Å². The van der Waals surface area contributed by atoms with Crippen molar-refractivity contribution < 1.29 is 26.4 Å². The normalized spacial score (nSPS) is 22.0. The zero-order valence-electron chi connectivity index (χ0n) is 17.1. The summed E-state index contributed by atoms with van der Waals surface area (Å²) in [6, 6.07) is 6.45. The smallest absolute Gasteiger partial charge is 0.243 e. The first-order chi connectivity index (χ1) is 14.2. The number of carbonyl (C=O) groups is 1. The van der Waals surface area contributed by atoms with Gasteiger partial charge in [0.15, 0.2) is 0 Å². The van der Waals surface area contributed by atoms with Gasteiger partial charge in [0.1, 0.15) is 0 Å². The van der Waals surface area contributed by atoms with Crippen LogP contribution in [-0.2, 0) is 36.1 Å². The van der Waals surface area contributed by atoms with Gasteiger partial charge in [-0.1, -0.05) is 12.1 Å². The van der Waals surface area contributed by atoms with Crippen LogP contribution in [-0.4, -0.2) is 76.5 Å². The van der Waals surface area contributed by atoms with E-state index in [9.17, 15) is 21.6 Å². The third-order valence-electron chi connectivity index (χ3n) is 5.51. The monoisotopic (exact) mass is 459 g/mol. The van der Waals surface area contributed by atoms with Crippen LogP contribution in [0.4, 0.5) is 0 Å². The SMILES string of the molecule is CCS(=O)(=O)N1CCC[C@H](C(=O)NCc2ccc(S(=O)(=O)N3CCOCC3)cc2)C1. The number of hydrogen-bond acceptors (Lipinski definition) is 6. The minimum atomic E-state index is -3.55. The van der Waals surface area contributed by atoms with Crippen LogP contribution in [0.25, 0.3) is 0 Å². The highest BCUT2D eigenvalue weighted by Gasteiger charge is 2.31. The minimum absolute atomic E-state index is 0.0288. The van der Waals surface area contributed by atoms with Gasteiger partial charge in [-0.15, -0.1) is 0 Å². The van der Waals surface area contributed by atoms with Crippen molar-refractivity contribution in [2.75, 3.05) is 45.1 Å². The molecule has 30 heavy (non-hydrogen) atoms. The van der Waals surface area contributed by atoms with Crippen molar-refractivity contribution in [3.63, 3.8) is 0 Å². The topological polar surface area (TPSA) is 113 Å². The quantitative estimate of drug-likeness (QED) is 0.631. The molecule has 2 aliphatic heterocycles. The zero-order valence-corrected chi connectivity index (χ0v) is 18.8. The van der Waals surface area contributed by atoms with Gasteiger partial charge in [0.25, 0.3) is 0 Å². The summed E-state index contributed by atoms with van der Waals surface area (Å²) in [6.07, 6.45) is 1.31. The lowest BCUT2D eigenvalue weighted by molar-refractivity contribution is -0.126. The molecule has 0 spiro atoms. The van der Waals surface area contributed by atoms with Crippen molar-refractivity contribution in [1.29, 1.82) is 0 Å². The lowest BCUT2D eigenvalue weighted by Gasteiger charge is -2.30. The Labute approximate surface area is 178 Å². The minimum Gasteiger partial charge on any atom is -0.379 e. The van der Waals surface area contributed by atoms with Crippen LogP contribution in [0.15, 0.2) is 29.2 Å². The molecule has 1 aromatic rings. The molecule has 1 amide bonds. The molecule has 2 heterocycles. The molecule has 9 nitrogen and oxygen atoms in total. The van der Waals surface area contributed by atoms with E-state index in [2.05, 4.69) is 5.32 Å². The molecule has 168 valence electrons.